The van der Waals surface area contributed by atoms with E-state index in [1.54, 1.807) is 0 Å². The van der Waals surface area contributed by atoms with Gasteiger partial charge in [0.1, 0.15) is 12.4 Å². The summed E-state index contributed by atoms with van der Waals surface area (Å²) in [5.74, 6) is 0.861. The predicted molar refractivity (Wildman–Crippen MR) is 89.3 cm³/mol. The molecule has 0 heterocycles. The molecule has 0 atom stereocenters. The third kappa shape index (κ3) is 4.92. The number of benzene rings is 2. The van der Waals surface area contributed by atoms with Crippen LogP contribution < -0.4 is 10.1 Å². The minimum Gasteiger partial charge on any atom is -0.492 e. The van der Waals surface area contributed by atoms with Crippen molar-refractivity contribution in [2.75, 3.05) is 13.2 Å². The van der Waals surface area contributed by atoms with Gasteiger partial charge in [0.2, 0.25) is 5.91 Å². The Hall–Kier alpha value is -2.29. The maximum absolute atomic E-state index is 11.9. The third-order valence-corrected chi connectivity index (χ3v) is 3.62. The highest BCUT2D eigenvalue weighted by Gasteiger charge is 2.04. The van der Waals surface area contributed by atoms with Crippen molar-refractivity contribution in [1.29, 1.82) is 0 Å². The molecule has 3 nitrogen and oxygen atoms in total. The minimum absolute atomic E-state index is 0.0242. The molecule has 0 radical (unpaired) electrons. The van der Waals surface area contributed by atoms with Gasteiger partial charge in [0, 0.05) is 0 Å². The average molecular weight is 297 g/mol. The van der Waals surface area contributed by atoms with E-state index in [0.29, 0.717) is 19.6 Å². The van der Waals surface area contributed by atoms with Crippen LogP contribution in [0.2, 0.25) is 0 Å². The maximum Gasteiger partial charge on any atom is 0.224 e. The largest absolute Gasteiger partial charge is 0.492 e. The average Bonchev–Trinajstić information content (AvgIpc) is 2.48. The zero-order valence-electron chi connectivity index (χ0n) is 13.5. The molecule has 0 spiro atoms. The van der Waals surface area contributed by atoms with Crippen LogP contribution in [0.4, 0.5) is 0 Å². The molecule has 0 bridgehead atoms. The van der Waals surface area contributed by atoms with Crippen LogP contribution in [-0.4, -0.2) is 19.1 Å². The van der Waals surface area contributed by atoms with Crippen LogP contribution in [0.1, 0.15) is 22.3 Å². The summed E-state index contributed by atoms with van der Waals surface area (Å²) in [5, 5.41) is 2.89. The third-order valence-electron chi connectivity index (χ3n) is 3.62. The van der Waals surface area contributed by atoms with Crippen molar-refractivity contribution < 1.29 is 9.53 Å². The number of ether oxygens (including phenoxy) is 1. The summed E-state index contributed by atoms with van der Waals surface area (Å²) < 4.78 is 5.61. The Morgan fingerprint density at radius 2 is 1.86 bits per heavy atom. The molecular formula is C19H23NO2. The Balaban J connectivity index is 1.72. The number of carbonyl (C=O) groups excluding carboxylic acids is 1. The predicted octanol–water partition coefficient (Wildman–Crippen LogP) is 3.35. The summed E-state index contributed by atoms with van der Waals surface area (Å²) in [6.07, 6.45) is 0.408. The van der Waals surface area contributed by atoms with E-state index in [9.17, 15) is 4.79 Å². The Labute approximate surface area is 132 Å². The van der Waals surface area contributed by atoms with E-state index in [4.69, 9.17) is 4.74 Å². The van der Waals surface area contributed by atoms with E-state index >= 15 is 0 Å². The lowest BCUT2D eigenvalue weighted by Gasteiger charge is -2.09. The highest BCUT2D eigenvalue weighted by molar-refractivity contribution is 5.78. The molecule has 22 heavy (non-hydrogen) atoms. The number of rotatable bonds is 6. The second-order valence-corrected chi connectivity index (χ2v) is 5.61. The highest BCUT2D eigenvalue weighted by atomic mass is 16.5. The van der Waals surface area contributed by atoms with Gasteiger partial charge in [-0.05, 0) is 55.2 Å². The van der Waals surface area contributed by atoms with Gasteiger partial charge in [0.25, 0.3) is 0 Å². The number of hydrogen-bond acceptors (Lipinski definition) is 2. The second kappa shape index (κ2) is 7.64. The molecule has 0 aliphatic carbocycles. The van der Waals surface area contributed by atoms with Crippen LogP contribution in [0.5, 0.6) is 5.75 Å². The molecule has 0 fully saturated rings. The molecular weight excluding hydrogens is 274 g/mol. The number of aryl methyl sites for hydroxylation is 3. The number of hydrogen-bond donors (Lipinski definition) is 1. The van der Waals surface area contributed by atoms with Crippen molar-refractivity contribution in [2.45, 2.75) is 27.2 Å². The lowest BCUT2D eigenvalue weighted by atomic mass is 10.0. The number of carbonyl (C=O) groups is 1. The lowest BCUT2D eigenvalue weighted by molar-refractivity contribution is -0.120. The van der Waals surface area contributed by atoms with Gasteiger partial charge in [0.05, 0.1) is 13.0 Å². The van der Waals surface area contributed by atoms with Crippen molar-refractivity contribution in [2.24, 2.45) is 0 Å². The van der Waals surface area contributed by atoms with E-state index in [0.717, 1.165) is 16.9 Å². The quantitative estimate of drug-likeness (QED) is 0.830. The molecule has 0 saturated heterocycles. The SMILES string of the molecule is Cc1cccc(OCCNC(=O)Cc2ccc(C)c(C)c2)c1. The van der Waals surface area contributed by atoms with E-state index in [1.807, 2.05) is 37.3 Å². The molecule has 0 aliphatic heterocycles. The first kappa shape index (κ1) is 16.1. The van der Waals surface area contributed by atoms with E-state index in [1.165, 1.54) is 11.1 Å². The maximum atomic E-state index is 11.9. The van der Waals surface area contributed by atoms with Gasteiger partial charge < -0.3 is 10.1 Å². The summed E-state index contributed by atoms with van der Waals surface area (Å²) in [6, 6.07) is 14.0. The molecule has 3 heteroatoms. The van der Waals surface area contributed by atoms with Gasteiger partial charge in [-0.25, -0.2) is 0 Å². The first-order chi connectivity index (χ1) is 10.5. The number of amides is 1. The Kier molecular flexibility index (Phi) is 5.59. The van der Waals surface area contributed by atoms with Gasteiger partial charge in [0.15, 0.2) is 0 Å². The Morgan fingerprint density at radius 3 is 2.59 bits per heavy atom. The molecule has 2 rings (SSSR count). The Bertz CT molecular complexity index is 650. The van der Waals surface area contributed by atoms with E-state index < -0.39 is 0 Å². The molecule has 1 N–H and O–H groups in total. The van der Waals surface area contributed by atoms with Crippen molar-refractivity contribution in [3.63, 3.8) is 0 Å². The fourth-order valence-corrected chi connectivity index (χ4v) is 2.23. The van der Waals surface area contributed by atoms with Crippen LogP contribution >= 0.6 is 0 Å². The first-order valence-electron chi connectivity index (χ1n) is 7.57. The van der Waals surface area contributed by atoms with Crippen LogP contribution in [0.3, 0.4) is 0 Å². The lowest BCUT2D eigenvalue weighted by Crippen LogP contribution is -2.29. The zero-order valence-corrected chi connectivity index (χ0v) is 13.5. The van der Waals surface area contributed by atoms with Crippen molar-refractivity contribution in [3.05, 3.63) is 64.7 Å². The second-order valence-electron chi connectivity index (χ2n) is 5.61. The Morgan fingerprint density at radius 1 is 1.05 bits per heavy atom. The summed E-state index contributed by atoms with van der Waals surface area (Å²) >= 11 is 0. The monoisotopic (exact) mass is 297 g/mol. The van der Waals surface area contributed by atoms with Crippen LogP contribution in [0.25, 0.3) is 0 Å². The minimum atomic E-state index is 0.0242. The standard InChI is InChI=1S/C19H23NO2/c1-14-5-4-6-18(11-14)22-10-9-20-19(21)13-17-8-7-15(2)16(3)12-17/h4-8,11-12H,9-10,13H2,1-3H3,(H,20,21). The molecule has 0 aliphatic rings. The summed E-state index contributed by atoms with van der Waals surface area (Å²) in [6.45, 7) is 7.15. The molecule has 0 aromatic heterocycles. The fraction of sp³-hybridized carbons (Fsp3) is 0.316. The smallest absolute Gasteiger partial charge is 0.224 e. The molecule has 2 aromatic carbocycles. The normalized spacial score (nSPS) is 10.3. The molecule has 0 saturated carbocycles. The van der Waals surface area contributed by atoms with Crippen molar-refractivity contribution in [1.82, 2.24) is 5.32 Å². The van der Waals surface area contributed by atoms with Crippen molar-refractivity contribution in [3.8, 4) is 5.75 Å². The van der Waals surface area contributed by atoms with Gasteiger partial charge in [-0.3, -0.25) is 4.79 Å². The van der Waals surface area contributed by atoms with Crippen molar-refractivity contribution >= 4 is 5.91 Å². The summed E-state index contributed by atoms with van der Waals surface area (Å²) in [7, 11) is 0. The zero-order chi connectivity index (χ0) is 15.9. The molecule has 0 unspecified atom stereocenters. The van der Waals surface area contributed by atoms with Crippen LogP contribution in [0, 0.1) is 20.8 Å². The van der Waals surface area contributed by atoms with Crippen LogP contribution in [0.15, 0.2) is 42.5 Å². The molecule has 1 amide bonds. The molecule has 2 aromatic rings. The summed E-state index contributed by atoms with van der Waals surface area (Å²) in [5.41, 5.74) is 4.67. The van der Waals surface area contributed by atoms with Crippen LogP contribution in [-0.2, 0) is 11.2 Å². The molecule has 116 valence electrons. The van der Waals surface area contributed by atoms with Gasteiger partial charge in [-0.2, -0.15) is 0 Å². The fourth-order valence-electron chi connectivity index (χ4n) is 2.23. The van der Waals surface area contributed by atoms with E-state index in [-0.39, 0.29) is 5.91 Å². The van der Waals surface area contributed by atoms with Gasteiger partial charge >= 0.3 is 0 Å². The highest BCUT2D eigenvalue weighted by Crippen LogP contribution is 2.12. The first-order valence-corrected chi connectivity index (χ1v) is 7.57. The topological polar surface area (TPSA) is 38.3 Å². The number of nitrogens with one attached hydrogen (secondary N) is 1. The van der Waals surface area contributed by atoms with E-state index in [2.05, 4.69) is 31.3 Å². The van der Waals surface area contributed by atoms with Gasteiger partial charge in [-0.1, -0.05) is 30.3 Å². The summed E-state index contributed by atoms with van der Waals surface area (Å²) in [4.78, 5) is 11.9. The van der Waals surface area contributed by atoms with Gasteiger partial charge in [-0.15, -0.1) is 0 Å².